The highest BCUT2D eigenvalue weighted by Crippen LogP contribution is 2.29. The molecule has 0 saturated carbocycles. The van der Waals surface area contributed by atoms with Crippen LogP contribution in [0.2, 0.25) is 0 Å². The van der Waals surface area contributed by atoms with Crippen LogP contribution in [0, 0.1) is 11.3 Å². The Morgan fingerprint density at radius 3 is 2.53 bits per heavy atom. The Morgan fingerprint density at radius 2 is 1.88 bits per heavy atom. The van der Waals surface area contributed by atoms with Gasteiger partial charge in [0, 0.05) is 19.1 Å². The zero-order chi connectivity index (χ0) is 23.3. The lowest BCUT2D eigenvalue weighted by Gasteiger charge is -2.23. The van der Waals surface area contributed by atoms with Crippen LogP contribution in [-0.2, 0) is 9.53 Å². The summed E-state index contributed by atoms with van der Waals surface area (Å²) in [4.78, 5) is 26.5. The maximum Gasteiger partial charge on any atom is 0.408 e. The van der Waals surface area contributed by atoms with Gasteiger partial charge < -0.3 is 20.3 Å². The highest BCUT2D eigenvalue weighted by Gasteiger charge is 2.28. The molecular weight excluding hydrogens is 404 g/mol. The summed E-state index contributed by atoms with van der Waals surface area (Å²) in [5.41, 5.74) is 2.91. The summed E-state index contributed by atoms with van der Waals surface area (Å²) < 4.78 is 5.20. The number of hydrogen-bond donors (Lipinski definition) is 2. The van der Waals surface area contributed by atoms with Crippen molar-refractivity contribution >= 4 is 17.7 Å². The highest BCUT2D eigenvalue weighted by molar-refractivity contribution is 5.85. The van der Waals surface area contributed by atoms with Crippen LogP contribution in [-0.4, -0.2) is 42.8 Å². The van der Waals surface area contributed by atoms with Crippen molar-refractivity contribution in [1.82, 2.24) is 10.6 Å². The molecule has 2 atom stereocenters. The average Bonchev–Trinajstić information content (AvgIpc) is 3.20. The first-order valence-electron chi connectivity index (χ1n) is 10.8. The van der Waals surface area contributed by atoms with Crippen molar-refractivity contribution in [3.05, 3.63) is 54.1 Å². The lowest BCUT2D eigenvalue weighted by atomic mass is 10.0. The lowest BCUT2D eigenvalue weighted by Crippen LogP contribution is -2.49. The van der Waals surface area contributed by atoms with E-state index in [2.05, 4.69) is 21.6 Å². The van der Waals surface area contributed by atoms with Gasteiger partial charge in [0.2, 0.25) is 5.91 Å². The second-order valence-corrected chi connectivity index (χ2v) is 9.02. The molecule has 168 valence electrons. The summed E-state index contributed by atoms with van der Waals surface area (Å²) >= 11 is 0. The van der Waals surface area contributed by atoms with E-state index < -0.39 is 17.7 Å². The molecule has 1 aliphatic heterocycles. The number of amides is 2. The minimum Gasteiger partial charge on any atom is -0.444 e. The predicted octanol–water partition coefficient (Wildman–Crippen LogP) is 3.83. The van der Waals surface area contributed by atoms with Crippen molar-refractivity contribution < 1.29 is 14.3 Å². The molecular formula is C25H30N4O3. The molecule has 0 spiro atoms. The van der Waals surface area contributed by atoms with Gasteiger partial charge >= 0.3 is 6.09 Å². The van der Waals surface area contributed by atoms with Crippen LogP contribution in [0.25, 0.3) is 11.1 Å². The number of rotatable bonds is 5. The monoisotopic (exact) mass is 434 g/mol. The first-order valence-corrected chi connectivity index (χ1v) is 10.8. The van der Waals surface area contributed by atoms with E-state index in [4.69, 9.17) is 4.74 Å². The number of nitrogens with one attached hydrogen (secondary N) is 2. The van der Waals surface area contributed by atoms with Gasteiger partial charge in [0.05, 0.1) is 11.3 Å². The maximum absolute atomic E-state index is 12.5. The van der Waals surface area contributed by atoms with Crippen molar-refractivity contribution in [2.45, 2.75) is 51.8 Å². The number of hydrogen-bond acceptors (Lipinski definition) is 5. The fraction of sp³-hybridized carbons (Fsp3) is 0.400. The van der Waals surface area contributed by atoms with Crippen LogP contribution < -0.4 is 15.5 Å². The standard InChI is InChI=1S/C25H30N4O3/c1-17(27-24(31)32-25(2,3)4)23(30)28-21-12-13-29(16-21)22-11-10-19(14-20(22)15-26)18-8-6-5-7-9-18/h5-11,14,17,21H,12-13,16H2,1-4H3,(H,27,31)(H,28,30)/t17-,21-/m0/s1. The Labute approximate surface area is 189 Å². The molecule has 1 saturated heterocycles. The summed E-state index contributed by atoms with van der Waals surface area (Å²) in [5, 5.41) is 15.3. The van der Waals surface area contributed by atoms with Gasteiger partial charge in [-0.25, -0.2) is 4.79 Å². The van der Waals surface area contributed by atoms with E-state index in [1.165, 1.54) is 0 Å². The quantitative estimate of drug-likeness (QED) is 0.746. The topological polar surface area (TPSA) is 94.5 Å². The molecule has 2 aromatic rings. The third-order valence-corrected chi connectivity index (χ3v) is 5.23. The normalized spacial score (nSPS) is 16.7. The second kappa shape index (κ2) is 9.73. The van der Waals surface area contributed by atoms with E-state index in [9.17, 15) is 14.9 Å². The molecule has 0 aromatic heterocycles. The van der Waals surface area contributed by atoms with Gasteiger partial charge in [-0.3, -0.25) is 4.79 Å². The van der Waals surface area contributed by atoms with Gasteiger partial charge in [0.15, 0.2) is 0 Å². The second-order valence-electron chi connectivity index (χ2n) is 9.02. The number of benzene rings is 2. The van der Waals surface area contributed by atoms with Gasteiger partial charge in [0.1, 0.15) is 17.7 Å². The predicted molar refractivity (Wildman–Crippen MR) is 124 cm³/mol. The minimum atomic E-state index is -0.710. The largest absolute Gasteiger partial charge is 0.444 e. The molecule has 0 unspecified atom stereocenters. The SMILES string of the molecule is C[C@H](NC(=O)OC(C)(C)C)C(=O)N[C@H]1CCN(c2ccc(-c3ccccc3)cc2C#N)C1. The Kier molecular flexibility index (Phi) is 7.04. The fourth-order valence-corrected chi connectivity index (χ4v) is 3.68. The third-order valence-electron chi connectivity index (χ3n) is 5.23. The van der Waals surface area contributed by atoms with Crippen LogP contribution in [0.15, 0.2) is 48.5 Å². The zero-order valence-corrected chi connectivity index (χ0v) is 19.0. The van der Waals surface area contributed by atoms with E-state index in [0.717, 1.165) is 29.8 Å². The van der Waals surface area contributed by atoms with Gasteiger partial charge in [-0.1, -0.05) is 36.4 Å². The number of ether oxygens (including phenoxy) is 1. The maximum atomic E-state index is 12.5. The van der Waals surface area contributed by atoms with Crippen molar-refractivity contribution in [3.63, 3.8) is 0 Å². The van der Waals surface area contributed by atoms with Crippen molar-refractivity contribution in [2.75, 3.05) is 18.0 Å². The molecule has 1 fully saturated rings. The number of alkyl carbamates (subject to hydrolysis) is 1. The molecule has 7 nitrogen and oxygen atoms in total. The molecule has 0 aliphatic carbocycles. The molecule has 0 bridgehead atoms. The zero-order valence-electron chi connectivity index (χ0n) is 19.0. The molecule has 32 heavy (non-hydrogen) atoms. The number of nitriles is 1. The first kappa shape index (κ1) is 23.1. The molecule has 2 N–H and O–H groups in total. The molecule has 2 aromatic carbocycles. The fourth-order valence-electron chi connectivity index (χ4n) is 3.68. The highest BCUT2D eigenvalue weighted by atomic mass is 16.6. The summed E-state index contributed by atoms with van der Waals surface area (Å²) in [6.45, 7) is 8.27. The minimum absolute atomic E-state index is 0.0641. The number of nitrogens with zero attached hydrogens (tertiary/aromatic N) is 2. The Bertz CT molecular complexity index is 1010. The molecule has 1 aliphatic rings. The van der Waals surface area contributed by atoms with Gasteiger partial charge in [-0.15, -0.1) is 0 Å². The van der Waals surface area contributed by atoms with Crippen LogP contribution in [0.5, 0.6) is 0 Å². The summed E-state index contributed by atoms with van der Waals surface area (Å²) in [7, 11) is 0. The van der Waals surface area contributed by atoms with Crippen LogP contribution in [0.4, 0.5) is 10.5 Å². The Hall–Kier alpha value is -3.53. The Morgan fingerprint density at radius 1 is 1.16 bits per heavy atom. The van der Waals surface area contributed by atoms with Gasteiger partial charge in [-0.2, -0.15) is 5.26 Å². The summed E-state index contributed by atoms with van der Waals surface area (Å²) in [6, 6.07) is 17.4. The van der Waals surface area contributed by atoms with Crippen LogP contribution in [0.3, 0.4) is 0 Å². The van der Waals surface area contributed by atoms with Crippen molar-refractivity contribution in [2.24, 2.45) is 0 Å². The third kappa shape index (κ3) is 6.01. The van der Waals surface area contributed by atoms with Gasteiger partial charge in [-0.05, 0) is 57.4 Å². The van der Waals surface area contributed by atoms with Crippen LogP contribution >= 0.6 is 0 Å². The molecule has 1 heterocycles. The average molecular weight is 435 g/mol. The van der Waals surface area contributed by atoms with Crippen molar-refractivity contribution in [3.8, 4) is 17.2 Å². The van der Waals surface area contributed by atoms with E-state index in [1.807, 2.05) is 48.5 Å². The smallest absolute Gasteiger partial charge is 0.408 e. The molecule has 7 heteroatoms. The number of carbonyl (C=O) groups is 2. The van der Waals surface area contributed by atoms with E-state index in [1.54, 1.807) is 27.7 Å². The molecule has 3 rings (SSSR count). The Balaban J connectivity index is 1.60. The first-order chi connectivity index (χ1) is 15.2. The summed E-state index contributed by atoms with van der Waals surface area (Å²) in [5.74, 6) is -0.261. The number of anilines is 1. The summed E-state index contributed by atoms with van der Waals surface area (Å²) in [6.07, 6.45) is 0.140. The van der Waals surface area contributed by atoms with E-state index >= 15 is 0 Å². The van der Waals surface area contributed by atoms with Crippen molar-refractivity contribution in [1.29, 1.82) is 5.26 Å². The van der Waals surface area contributed by atoms with E-state index in [0.29, 0.717) is 12.1 Å². The van der Waals surface area contributed by atoms with Crippen LogP contribution in [0.1, 0.15) is 39.7 Å². The molecule has 2 amide bonds. The number of carbonyl (C=O) groups excluding carboxylic acids is 2. The van der Waals surface area contributed by atoms with Gasteiger partial charge in [0.25, 0.3) is 0 Å². The molecule has 0 radical (unpaired) electrons. The lowest BCUT2D eigenvalue weighted by molar-refractivity contribution is -0.123. The van der Waals surface area contributed by atoms with E-state index in [-0.39, 0.29) is 11.9 Å².